The van der Waals surface area contributed by atoms with Gasteiger partial charge in [0.1, 0.15) is 0 Å². The first-order chi connectivity index (χ1) is 12.9. The van der Waals surface area contributed by atoms with Crippen LogP contribution in [0.1, 0.15) is 19.8 Å². The first-order valence-electron chi connectivity index (χ1n) is 8.51. The van der Waals surface area contributed by atoms with Gasteiger partial charge in [0, 0.05) is 17.2 Å². The average Bonchev–Trinajstić information content (AvgIpc) is 3.26. The van der Waals surface area contributed by atoms with Gasteiger partial charge in [0.05, 0.1) is 17.9 Å². The normalized spacial score (nSPS) is 17.6. The van der Waals surface area contributed by atoms with Crippen molar-refractivity contribution in [3.63, 3.8) is 0 Å². The molecule has 27 heavy (non-hydrogen) atoms. The summed E-state index contributed by atoms with van der Waals surface area (Å²) in [7, 11) is 0. The molecule has 2 heterocycles. The molecule has 1 aromatic carbocycles. The Bertz CT molecular complexity index is 820. The Morgan fingerprint density at radius 1 is 1.41 bits per heavy atom. The van der Waals surface area contributed by atoms with Gasteiger partial charge >= 0.3 is 6.03 Å². The highest BCUT2D eigenvalue weighted by atomic mass is 35.5. The number of thioether (sulfide) groups is 1. The Hall–Kier alpha value is -2.10. The predicted octanol–water partition coefficient (Wildman–Crippen LogP) is 2.45. The molecular weight excluding hydrogens is 390 g/mol. The molecule has 3 N–H and O–H groups in total. The van der Waals surface area contributed by atoms with Crippen LogP contribution in [0.4, 0.5) is 4.79 Å². The molecule has 0 radical (unpaired) electrons. The number of halogens is 1. The lowest BCUT2D eigenvalue weighted by Gasteiger charge is -2.16. The van der Waals surface area contributed by atoms with E-state index in [9.17, 15) is 9.59 Å². The maximum atomic E-state index is 12.0. The fourth-order valence-corrected chi connectivity index (χ4v) is 3.76. The molecule has 8 nitrogen and oxygen atoms in total. The van der Waals surface area contributed by atoms with Crippen molar-refractivity contribution in [1.29, 1.82) is 0 Å². The number of imide groups is 1. The smallest absolute Gasteiger partial charge is 0.318 e. The molecule has 1 aliphatic heterocycles. The van der Waals surface area contributed by atoms with Gasteiger partial charge in [-0.05, 0) is 44.0 Å². The zero-order valence-electron chi connectivity index (χ0n) is 14.7. The molecule has 1 fully saturated rings. The third kappa shape index (κ3) is 5.00. The molecule has 10 heteroatoms. The number of hydrogen-bond donors (Lipinski definition) is 2. The van der Waals surface area contributed by atoms with Gasteiger partial charge in [-0.25, -0.2) is 4.79 Å². The largest absolute Gasteiger partial charge is 0.376 e. The van der Waals surface area contributed by atoms with E-state index in [4.69, 9.17) is 22.1 Å². The number of nitrogens with zero attached hydrogens (tertiary/aromatic N) is 3. The van der Waals surface area contributed by atoms with Gasteiger partial charge in [0.15, 0.2) is 11.0 Å². The Balaban J connectivity index is 1.87. The summed E-state index contributed by atoms with van der Waals surface area (Å²) in [5, 5.41) is 11.3. The molecule has 0 bridgehead atoms. The minimum atomic E-state index is -0.880. The maximum absolute atomic E-state index is 12.0. The van der Waals surface area contributed by atoms with Crippen molar-refractivity contribution in [2.45, 2.75) is 42.8 Å². The van der Waals surface area contributed by atoms with Crippen molar-refractivity contribution in [2.75, 3.05) is 6.61 Å². The fourth-order valence-electron chi connectivity index (χ4n) is 2.78. The third-order valence-corrected chi connectivity index (χ3v) is 5.46. The number of amides is 3. The Labute approximate surface area is 165 Å². The molecule has 0 aliphatic carbocycles. The fraction of sp³-hybridized carbons (Fsp3) is 0.412. The average molecular weight is 410 g/mol. The van der Waals surface area contributed by atoms with E-state index in [0.717, 1.165) is 25.0 Å². The van der Waals surface area contributed by atoms with E-state index in [1.165, 1.54) is 11.8 Å². The van der Waals surface area contributed by atoms with Crippen molar-refractivity contribution in [1.82, 2.24) is 20.1 Å². The second-order valence-electron chi connectivity index (χ2n) is 6.17. The van der Waals surface area contributed by atoms with Crippen LogP contribution in [0.2, 0.25) is 5.02 Å². The summed E-state index contributed by atoms with van der Waals surface area (Å²) < 4.78 is 7.69. The number of benzene rings is 1. The summed E-state index contributed by atoms with van der Waals surface area (Å²) in [5.41, 5.74) is 5.88. The van der Waals surface area contributed by atoms with Crippen molar-refractivity contribution in [3.8, 4) is 11.4 Å². The van der Waals surface area contributed by atoms with Crippen molar-refractivity contribution < 1.29 is 14.3 Å². The lowest BCUT2D eigenvalue weighted by molar-refractivity contribution is -0.119. The number of carbonyl (C=O) groups is 2. The zero-order valence-corrected chi connectivity index (χ0v) is 16.3. The van der Waals surface area contributed by atoms with Crippen LogP contribution in [-0.2, 0) is 16.1 Å². The third-order valence-electron chi connectivity index (χ3n) is 4.13. The minimum absolute atomic E-state index is 0.0705. The molecule has 0 spiro atoms. The first kappa shape index (κ1) is 19.7. The second kappa shape index (κ2) is 8.73. The highest BCUT2D eigenvalue weighted by Gasteiger charge is 2.25. The summed E-state index contributed by atoms with van der Waals surface area (Å²) in [4.78, 5) is 22.9. The highest BCUT2D eigenvalue weighted by molar-refractivity contribution is 8.00. The summed E-state index contributed by atoms with van der Waals surface area (Å²) in [6.07, 6.45) is 2.05. The van der Waals surface area contributed by atoms with E-state index in [0.29, 0.717) is 22.5 Å². The van der Waals surface area contributed by atoms with Crippen molar-refractivity contribution >= 4 is 35.3 Å². The minimum Gasteiger partial charge on any atom is -0.376 e. The molecule has 1 aromatic heterocycles. The summed E-state index contributed by atoms with van der Waals surface area (Å²) in [5.74, 6) is 0.194. The number of urea groups is 1. The van der Waals surface area contributed by atoms with Crippen LogP contribution in [0.5, 0.6) is 0 Å². The van der Waals surface area contributed by atoms with Gasteiger partial charge in [-0.1, -0.05) is 23.4 Å². The summed E-state index contributed by atoms with van der Waals surface area (Å²) in [6.45, 7) is 3.00. The van der Waals surface area contributed by atoms with E-state index in [2.05, 4.69) is 15.5 Å². The number of ether oxygens (including phenoxy) is 1. The second-order valence-corrected chi connectivity index (χ2v) is 7.92. The molecule has 2 unspecified atom stereocenters. The lowest BCUT2D eigenvalue weighted by atomic mass is 10.2. The first-order valence-corrected chi connectivity index (χ1v) is 9.77. The highest BCUT2D eigenvalue weighted by Crippen LogP contribution is 2.29. The predicted molar refractivity (Wildman–Crippen MR) is 102 cm³/mol. The van der Waals surface area contributed by atoms with Gasteiger partial charge < -0.3 is 10.5 Å². The van der Waals surface area contributed by atoms with Crippen molar-refractivity contribution in [3.05, 3.63) is 29.3 Å². The zero-order chi connectivity index (χ0) is 19.4. The van der Waals surface area contributed by atoms with E-state index in [1.807, 2.05) is 16.7 Å². The molecule has 3 amide bonds. The van der Waals surface area contributed by atoms with Crippen LogP contribution in [-0.4, -0.2) is 44.7 Å². The number of hydrogen-bond acceptors (Lipinski definition) is 6. The number of aromatic nitrogens is 3. The van der Waals surface area contributed by atoms with Crippen LogP contribution in [0.3, 0.4) is 0 Å². The molecular formula is C17H20ClN5O3S. The molecule has 1 saturated heterocycles. The molecule has 2 atom stereocenters. The summed E-state index contributed by atoms with van der Waals surface area (Å²) in [6, 6.07) is 6.44. The Morgan fingerprint density at radius 2 is 2.15 bits per heavy atom. The van der Waals surface area contributed by atoms with Gasteiger partial charge in [0.2, 0.25) is 5.91 Å². The number of nitrogens with two attached hydrogens (primary N) is 1. The van der Waals surface area contributed by atoms with Crippen LogP contribution < -0.4 is 11.1 Å². The molecule has 144 valence electrons. The van der Waals surface area contributed by atoms with Crippen LogP contribution in [0.25, 0.3) is 11.4 Å². The van der Waals surface area contributed by atoms with Gasteiger partial charge in [-0.15, -0.1) is 10.2 Å². The monoisotopic (exact) mass is 409 g/mol. The SMILES string of the molecule is CC(Sc1nnc(-c2ccc(Cl)cc2)n1CC1CCCO1)C(=O)NC(N)=O. The van der Waals surface area contributed by atoms with Crippen LogP contribution in [0, 0.1) is 0 Å². The van der Waals surface area contributed by atoms with E-state index in [-0.39, 0.29) is 6.10 Å². The molecule has 1 aliphatic rings. The van der Waals surface area contributed by atoms with Crippen molar-refractivity contribution in [2.24, 2.45) is 5.73 Å². The van der Waals surface area contributed by atoms with Crippen LogP contribution >= 0.6 is 23.4 Å². The number of nitrogens with one attached hydrogen (secondary N) is 1. The van der Waals surface area contributed by atoms with E-state index < -0.39 is 17.2 Å². The van der Waals surface area contributed by atoms with Crippen LogP contribution in [0.15, 0.2) is 29.4 Å². The Morgan fingerprint density at radius 3 is 2.78 bits per heavy atom. The maximum Gasteiger partial charge on any atom is 0.318 e. The number of rotatable bonds is 6. The van der Waals surface area contributed by atoms with E-state index in [1.54, 1.807) is 19.1 Å². The molecule has 2 aromatic rings. The Kier molecular flexibility index (Phi) is 6.35. The van der Waals surface area contributed by atoms with Gasteiger partial charge in [-0.3, -0.25) is 14.7 Å². The lowest BCUT2D eigenvalue weighted by Crippen LogP contribution is -2.39. The number of carbonyl (C=O) groups excluding carboxylic acids is 2. The quantitative estimate of drug-likeness (QED) is 0.708. The topological polar surface area (TPSA) is 112 Å². The van der Waals surface area contributed by atoms with E-state index >= 15 is 0 Å². The standard InChI is InChI=1S/C17H20ClN5O3S/c1-10(15(24)20-16(19)25)27-17-22-21-14(11-4-6-12(18)7-5-11)23(17)9-13-3-2-8-26-13/h4-7,10,13H,2-3,8-9H2,1H3,(H3,19,20,24,25). The number of primary amides is 1. The summed E-state index contributed by atoms with van der Waals surface area (Å²) >= 11 is 7.19. The molecule has 0 saturated carbocycles. The molecule has 3 rings (SSSR count). The van der Waals surface area contributed by atoms with Gasteiger partial charge in [0.25, 0.3) is 0 Å². The van der Waals surface area contributed by atoms with Gasteiger partial charge in [-0.2, -0.15) is 0 Å².